The molecule has 0 spiro atoms. The second kappa shape index (κ2) is 8.34. The van der Waals surface area contributed by atoms with Crippen molar-refractivity contribution in [3.63, 3.8) is 0 Å². The third-order valence-electron chi connectivity index (χ3n) is 3.41. The van der Waals surface area contributed by atoms with Crippen molar-refractivity contribution in [2.24, 2.45) is 0 Å². The molecule has 7 heteroatoms. The number of ether oxygens (including phenoxy) is 1. The van der Waals surface area contributed by atoms with Gasteiger partial charge in [-0.25, -0.2) is 9.59 Å². The van der Waals surface area contributed by atoms with Crippen molar-refractivity contribution in [3.05, 3.63) is 59.2 Å². The van der Waals surface area contributed by atoms with Crippen LogP contribution >= 0.6 is 11.8 Å². The maximum Gasteiger partial charge on any atom is 0.337 e. The van der Waals surface area contributed by atoms with Gasteiger partial charge >= 0.3 is 11.9 Å². The molecular formula is C18H17NO5S. The van der Waals surface area contributed by atoms with Crippen LogP contribution < -0.4 is 5.32 Å². The third kappa shape index (κ3) is 4.84. The topological polar surface area (TPSA) is 92.7 Å². The van der Waals surface area contributed by atoms with E-state index in [1.807, 2.05) is 6.92 Å². The molecule has 0 aliphatic rings. The van der Waals surface area contributed by atoms with Gasteiger partial charge < -0.3 is 15.2 Å². The molecule has 0 aromatic heterocycles. The van der Waals surface area contributed by atoms with E-state index in [2.05, 4.69) is 10.1 Å². The minimum absolute atomic E-state index is 0.0478. The van der Waals surface area contributed by atoms with Gasteiger partial charge in [-0.05, 0) is 36.8 Å². The minimum atomic E-state index is -1.04. The van der Waals surface area contributed by atoms with Crippen molar-refractivity contribution in [1.29, 1.82) is 0 Å². The highest BCUT2D eigenvalue weighted by molar-refractivity contribution is 8.00. The second-order valence-corrected chi connectivity index (χ2v) is 6.18. The van der Waals surface area contributed by atoms with E-state index >= 15 is 0 Å². The van der Waals surface area contributed by atoms with Gasteiger partial charge in [-0.1, -0.05) is 18.2 Å². The van der Waals surface area contributed by atoms with E-state index in [1.165, 1.54) is 13.2 Å². The molecule has 2 aromatic carbocycles. The Hall–Kier alpha value is -2.80. The molecule has 0 bridgehead atoms. The largest absolute Gasteiger partial charge is 0.478 e. The second-order valence-electron chi connectivity index (χ2n) is 5.16. The lowest BCUT2D eigenvalue weighted by Gasteiger charge is -2.10. The number of esters is 1. The lowest BCUT2D eigenvalue weighted by atomic mass is 10.1. The number of nitrogens with one attached hydrogen (secondary N) is 1. The van der Waals surface area contributed by atoms with Gasteiger partial charge in [-0.15, -0.1) is 11.8 Å². The number of thioether (sulfide) groups is 1. The standard InChI is InChI=1S/C18H17NO5S/c1-11-7-8-12(18(23)24-2)9-14(11)19-16(20)10-25-15-6-4-3-5-13(15)17(21)22/h3-9H,10H2,1-2H3,(H,19,20)(H,21,22). The molecule has 0 aliphatic carbocycles. The number of methoxy groups -OCH3 is 1. The number of hydrogen-bond acceptors (Lipinski definition) is 5. The van der Waals surface area contributed by atoms with E-state index in [0.717, 1.165) is 17.3 Å². The van der Waals surface area contributed by atoms with Gasteiger partial charge in [-0.2, -0.15) is 0 Å². The number of hydrogen-bond donors (Lipinski definition) is 2. The van der Waals surface area contributed by atoms with Crippen molar-refractivity contribution in [2.45, 2.75) is 11.8 Å². The molecule has 2 rings (SSSR count). The molecule has 0 atom stereocenters. The molecule has 0 saturated carbocycles. The summed E-state index contributed by atoms with van der Waals surface area (Å²) in [6, 6.07) is 11.4. The predicted octanol–water partition coefficient (Wildman–Crippen LogP) is 3.21. The zero-order valence-corrected chi connectivity index (χ0v) is 14.6. The average Bonchev–Trinajstić information content (AvgIpc) is 2.61. The summed E-state index contributed by atoms with van der Waals surface area (Å²) in [6.45, 7) is 1.81. The van der Waals surface area contributed by atoms with Crippen LogP contribution in [0.4, 0.5) is 5.69 Å². The van der Waals surface area contributed by atoms with Crippen molar-refractivity contribution >= 4 is 35.3 Å². The van der Waals surface area contributed by atoms with Crippen molar-refractivity contribution in [2.75, 3.05) is 18.2 Å². The zero-order chi connectivity index (χ0) is 18.4. The number of amides is 1. The maximum atomic E-state index is 12.2. The van der Waals surface area contributed by atoms with E-state index in [9.17, 15) is 14.4 Å². The van der Waals surface area contributed by atoms with E-state index < -0.39 is 11.9 Å². The molecule has 0 unspecified atom stereocenters. The van der Waals surface area contributed by atoms with Gasteiger partial charge in [0.2, 0.25) is 5.91 Å². The van der Waals surface area contributed by atoms with Gasteiger partial charge in [0, 0.05) is 10.6 Å². The Morgan fingerprint density at radius 3 is 2.56 bits per heavy atom. The number of carboxylic acid groups (broad SMARTS) is 1. The molecule has 0 fully saturated rings. The fourth-order valence-corrected chi connectivity index (χ4v) is 2.94. The molecule has 130 valence electrons. The van der Waals surface area contributed by atoms with Crippen LogP contribution in [0, 0.1) is 6.92 Å². The van der Waals surface area contributed by atoms with Crippen LogP contribution in [-0.2, 0) is 9.53 Å². The van der Waals surface area contributed by atoms with Crippen molar-refractivity contribution in [1.82, 2.24) is 0 Å². The quantitative estimate of drug-likeness (QED) is 0.608. The molecule has 0 saturated heterocycles. The number of benzene rings is 2. The normalized spacial score (nSPS) is 10.2. The van der Waals surface area contributed by atoms with Gasteiger partial charge in [0.1, 0.15) is 0 Å². The van der Waals surface area contributed by atoms with Gasteiger partial charge in [-0.3, -0.25) is 4.79 Å². The molecular weight excluding hydrogens is 342 g/mol. The Bertz CT molecular complexity index is 819. The number of anilines is 1. The van der Waals surface area contributed by atoms with Crippen molar-refractivity contribution in [3.8, 4) is 0 Å². The minimum Gasteiger partial charge on any atom is -0.478 e. The van der Waals surface area contributed by atoms with Crippen LogP contribution in [0.25, 0.3) is 0 Å². The summed E-state index contributed by atoms with van der Waals surface area (Å²) in [4.78, 5) is 35.4. The molecule has 0 radical (unpaired) electrons. The highest BCUT2D eigenvalue weighted by atomic mass is 32.2. The molecule has 0 heterocycles. The zero-order valence-electron chi connectivity index (χ0n) is 13.7. The first-order chi connectivity index (χ1) is 11.9. The van der Waals surface area contributed by atoms with Crippen LogP contribution in [0.5, 0.6) is 0 Å². The van der Waals surface area contributed by atoms with Crippen LogP contribution in [0.2, 0.25) is 0 Å². The number of carbonyl (C=O) groups excluding carboxylic acids is 2. The molecule has 0 aliphatic heterocycles. The SMILES string of the molecule is COC(=O)c1ccc(C)c(NC(=O)CSc2ccccc2C(=O)O)c1. The lowest BCUT2D eigenvalue weighted by Crippen LogP contribution is -2.16. The summed E-state index contributed by atoms with van der Waals surface area (Å²) in [5.41, 5.74) is 1.81. The summed E-state index contributed by atoms with van der Waals surface area (Å²) >= 11 is 1.14. The first kappa shape index (κ1) is 18.5. The smallest absolute Gasteiger partial charge is 0.337 e. The van der Waals surface area contributed by atoms with Crippen LogP contribution in [0.3, 0.4) is 0 Å². The highest BCUT2D eigenvalue weighted by Gasteiger charge is 2.13. The number of aromatic carboxylic acids is 1. The van der Waals surface area contributed by atoms with E-state index in [-0.39, 0.29) is 17.2 Å². The number of carboxylic acids is 1. The Labute approximate surface area is 149 Å². The fraction of sp³-hybridized carbons (Fsp3) is 0.167. The van der Waals surface area contributed by atoms with E-state index in [4.69, 9.17) is 5.11 Å². The Morgan fingerprint density at radius 1 is 1.16 bits per heavy atom. The number of aryl methyl sites for hydroxylation is 1. The molecule has 6 nitrogen and oxygen atoms in total. The van der Waals surface area contributed by atoms with Gasteiger partial charge in [0.05, 0.1) is 24.0 Å². The van der Waals surface area contributed by atoms with Crippen LogP contribution in [0.1, 0.15) is 26.3 Å². The lowest BCUT2D eigenvalue weighted by molar-refractivity contribution is -0.113. The number of rotatable bonds is 6. The first-order valence-corrected chi connectivity index (χ1v) is 8.35. The average molecular weight is 359 g/mol. The summed E-state index contributed by atoms with van der Waals surface area (Å²) in [7, 11) is 1.29. The molecule has 25 heavy (non-hydrogen) atoms. The fourth-order valence-electron chi connectivity index (χ4n) is 2.10. The summed E-state index contributed by atoms with van der Waals surface area (Å²) in [5, 5.41) is 11.9. The molecule has 2 aromatic rings. The summed E-state index contributed by atoms with van der Waals surface area (Å²) in [5.74, 6) is -1.77. The first-order valence-electron chi connectivity index (χ1n) is 7.36. The molecule has 1 amide bonds. The van der Waals surface area contributed by atoms with Crippen LogP contribution in [-0.4, -0.2) is 35.8 Å². The summed E-state index contributed by atoms with van der Waals surface area (Å²) in [6.07, 6.45) is 0. The van der Waals surface area contributed by atoms with Gasteiger partial charge in [0.15, 0.2) is 0 Å². The third-order valence-corrected chi connectivity index (χ3v) is 4.48. The Morgan fingerprint density at radius 2 is 1.88 bits per heavy atom. The van der Waals surface area contributed by atoms with E-state index in [0.29, 0.717) is 16.1 Å². The predicted molar refractivity (Wildman–Crippen MR) is 95.3 cm³/mol. The molecule has 2 N–H and O–H groups in total. The van der Waals surface area contributed by atoms with Gasteiger partial charge in [0.25, 0.3) is 0 Å². The summed E-state index contributed by atoms with van der Waals surface area (Å²) < 4.78 is 4.67. The van der Waals surface area contributed by atoms with Crippen molar-refractivity contribution < 1.29 is 24.2 Å². The highest BCUT2D eigenvalue weighted by Crippen LogP contribution is 2.23. The van der Waals surface area contributed by atoms with E-state index in [1.54, 1.807) is 36.4 Å². The van der Waals surface area contributed by atoms with Crippen LogP contribution in [0.15, 0.2) is 47.4 Å². The number of carbonyl (C=O) groups is 3. The maximum absolute atomic E-state index is 12.2. The Balaban J connectivity index is 2.06. The monoisotopic (exact) mass is 359 g/mol. The Kier molecular flexibility index (Phi) is 6.19.